The number of ether oxygens (including phenoxy) is 1. The molecule has 0 radical (unpaired) electrons. The number of nitrogens with zero attached hydrogens (tertiary/aromatic N) is 2. The van der Waals surface area contributed by atoms with Crippen LogP contribution in [0, 0.1) is 13.8 Å². The van der Waals surface area contributed by atoms with Gasteiger partial charge in [-0.25, -0.2) is 9.78 Å². The highest BCUT2D eigenvalue weighted by molar-refractivity contribution is 7.18. The SMILES string of the molecule is COC(=O)c1ccc(NC(=O)Cn2c(C)nc3sc(C)cc3c2=O)cc1. The molecule has 2 heterocycles. The molecule has 26 heavy (non-hydrogen) atoms. The van der Waals surface area contributed by atoms with E-state index in [0.717, 1.165) is 4.88 Å². The topological polar surface area (TPSA) is 90.3 Å². The first-order valence-electron chi connectivity index (χ1n) is 7.85. The second-order valence-electron chi connectivity index (χ2n) is 5.74. The van der Waals surface area contributed by atoms with Gasteiger partial charge in [0.15, 0.2) is 0 Å². The highest BCUT2D eigenvalue weighted by Crippen LogP contribution is 2.20. The summed E-state index contributed by atoms with van der Waals surface area (Å²) in [5.41, 5.74) is 0.682. The van der Waals surface area contributed by atoms with E-state index in [1.807, 2.05) is 6.92 Å². The van der Waals surface area contributed by atoms with E-state index in [2.05, 4.69) is 15.0 Å². The number of nitrogens with one attached hydrogen (secondary N) is 1. The van der Waals surface area contributed by atoms with Crippen LogP contribution in [0.4, 0.5) is 5.69 Å². The van der Waals surface area contributed by atoms with Crippen LogP contribution in [-0.4, -0.2) is 28.5 Å². The average Bonchev–Trinajstić information content (AvgIpc) is 2.99. The van der Waals surface area contributed by atoms with Crippen molar-refractivity contribution >= 4 is 39.1 Å². The lowest BCUT2D eigenvalue weighted by molar-refractivity contribution is -0.116. The quantitative estimate of drug-likeness (QED) is 0.712. The van der Waals surface area contributed by atoms with Gasteiger partial charge >= 0.3 is 5.97 Å². The number of carbonyl (C=O) groups is 2. The van der Waals surface area contributed by atoms with E-state index in [-0.39, 0.29) is 18.0 Å². The van der Waals surface area contributed by atoms with Crippen molar-refractivity contribution in [2.75, 3.05) is 12.4 Å². The molecule has 0 bridgehead atoms. The van der Waals surface area contributed by atoms with E-state index in [1.165, 1.54) is 23.0 Å². The molecule has 2 aromatic heterocycles. The maximum atomic E-state index is 12.6. The fourth-order valence-electron chi connectivity index (χ4n) is 2.58. The summed E-state index contributed by atoms with van der Waals surface area (Å²) >= 11 is 1.45. The molecule has 0 spiro atoms. The summed E-state index contributed by atoms with van der Waals surface area (Å²) in [6.07, 6.45) is 0. The summed E-state index contributed by atoms with van der Waals surface area (Å²) in [4.78, 5) is 42.4. The molecule has 0 aliphatic heterocycles. The fraction of sp³-hybridized carbons (Fsp3) is 0.222. The van der Waals surface area contributed by atoms with Crippen molar-refractivity contribution in [3.63, 3.8) is 0 Å². The molecular formula is C18H17N3O4S. The summed E-state index contributed by atoms with van der Waals surface area (Å²) in [6.45, 7) is 3.48. The van der Waals surface area contributed by atoms with Gasteiger partial charge in [0, 0.05) is 10.6 Å². The Morgan fingerprint density at radius 1 is 1.23 bits per heavy atom. The highest BCUT2D eigenvalue weighted by Gasteiger charge is 2.14. The number of thiophene rings is 1. The Morgan fingerprint density at radius 2 is 1.92 bits per heavy atom. The van der Waals surface area contributed by atoms with Crippen molar-refractivity contribution in [3.05, 3.63) is 57.0 Å². The Bertz CT molecular complexity index is 1050. The molecule has 1 aromatic carbocycles. The number of benzene rings is 1. The number of aromatic nitrogens is 2. The lowest BCUT2D eigenvalue weighted by atomic mass is 10.2. The van der Waals surface area contributed by atoms with E-state index >= 15 is 0 Å². The van der Waals surface area contributed by atoms with Gasteiger partial charge in [-0.1, -0.05) is 0 Å². The van der Waals surface area contributed by atoms with Gasteiger partial charge in [0.1, 0.15) is 17.2 Å². The Balaban J connectivity index is 1.79. The number of methoxy groups -OCH3 is 1. The summed E-state index contributed by atoms with van der Waals surface area (Å²) in [5, 5.41) is 3.23. The minimum Gasteiger partial charge on any atom is -0.465 e. The number of aryl methyl sites for hydroxylation is 2. The normalized spacial score (nSPS) is 10.7. The number of fused-ring (bicyclic) bond motifs is 1. The van der Waals surface area contributed by atoms with Gasteiger partial charge in [0.05, 0.1) is 18.1 Å². The molecule has 8 heteroatoms. The number of carbonyl (C=O) groups excluding carboxylic acids is 2. The van der Waals surface area contributed by atoms with Crippen LogP contribution in [-0.2, 0) is 16.1 Å². The van der Waals surface area contributed by atoms with Gasteiger partial charge in [0.2, 0.25) is 5.91 Å². The zero-order chi connectivity index (χ0) is 18.8. The molecule has 3 aromatic rings. The first kappa shape index (κ1) is 17.8. The van der Waals surface area contributed by atoms with Crippen LogP contribution in [0.15, 0.2) is 35.1 Å². The smallest absolute Gasteiger partial charge is 0.337 e. The van der Waals surface area contributed by atoms with Crippen LogP contribution in [0.25, 0.3) is 10.2 Å². The number of rotatable bonds is 4. The van der Waals surface area contributed by atoms with Crippen LogP contribution in [0.2, 0.25) is 0 Å². The molecule has 134 valence electrons. The van der Waals surface area contributed by atoms with Gasteiger partial charge in [-0.3, -0.25) is 14.2 Å². The van der Waals surface area contributed by atoms with Crippen molar-refractivity contribution < 1.29 is 14.3 Å². The van der Waals surface area contributed by atoms with Crippen molar-refractivity contribution in [2.45, 2.75) is 20.4 Å². The van der Waals surface area contributed by atoms with Gasteiger partial charge < -0.3 is 10.1 Å². The predicted octanol–water partition coefficient (Wildman–Crippen LogP) is 2.50. The Kier molecular flexibility index (Phi) is 4.85. The number of amides is 1. The average molecular weight is 371 g/mol. The summed E-state index contributed by atoms with van der Waals surface area (Å²) in [7, 11) is 1.30. The van der Waals surface area contributed by atoms with E-state index in [0.29, 0.717) is 27.3 Å². The van der Waals surface area contributed by atoms with Crippen LogP contribution >= 0.6 is 11.3 Å². The summed E-state index contributed by atoms with van der Waals surface area (Å²) < 4.78 is 5.98. The van der Waals surface area contributed by atoms with Crippen LogP contribution in [0.5, 0.6) is 0 Å². The van der Waals surface area contributed by atoms with Crippen molar-refractivity contribution in [2.24, 2.45) is 0 Å². The Labute approximate surface area is 153 Å². The third-order valence-electron chi connectivity index (χ3n) is 3.86. The second kappa shape index (κ2) is 7.09. The fourth-order valence-corrected chi connectivity index (χ4v) is 3.49. The zero-order valence-electron chi connectivity index (χ0n) is 14.5. The molecule has 7 nitrogen and oxygen atoms in total. The molecular weight excluding hydrogens is 354 g/mol. The summed E-state index contributed by atoms with van der Waals surface area (Å²) in [5.74, 6) is -0.315. The van der Waals surface area contributed by atoms with Crippen molar-refractivity contribution in [3.8, 4) is 0 Å². The van der Waals surface area contributed by atoms with Gasteiger partial charge in [-0.15, -0.1) is 11.3 Å². The largest absolute Gasteiger partial charge is 0.465 e. The van der Waals surface area contributed by atoms with Crippen LogP contribution < -0.4 is 10.9 Å². The van der Waals surface area contributed by atoms with E-state index in [1.54, 1.807) is 37.3 Å². The molecule has 0 saturated carbocycles. The lowest BCUT2D eigenvalue weighted by Crippen LogP contribution is -2.29. The van der Waals surface area contributed by atoms with Gasteiger partial charge in [0.25, 0.3) is 5.56 Å². The van der Waals surface area contributed by atoms with Gasteiger partial charge in [-0.05, 0) is 44.2 Å². The molecule has 0 unspecified atom stereocenters. The van der Waals surface area contributed by atoms with Crippen molar-refractivity contribution in [1.82, 2.24) is 9.55 Å². The zero-order valence-corrected chi connectivity index (χ0v) is 15.3. The first-order valence-corrected chi connectivity index (χ1v) is 8.66. The minimum absolute atomic E-state index is 0.138. The third kappa shape index (κ3) is 3.50. The number of hydrogen-bond donors (Lipinski definition) is 1. The van der Waals surface area contributed by atoms with E-state index in [9.17, 15) is 14.4 Å². The van der Waals surface area contributed by atoms with E-state index < -0.39 is 5.97 Å². The number of esters is 1. The predicted molar refractivity (Wildman–Crippen MR) is 99.8 cm³/mol. The minimum atomic E-state index is -0.449. The van der Waals surface area contributed by atoms with Crippen LogP contribution in [0.1, 0.15) is 21.1 Å². The monoisotopic (exact) mass is 371 g/mol. The maximum absolute atomic E-state index is 12.6. The molecule has 1 amide bonds. The lowest BCUT2D eigenvalue weighted by Gasteiger charge is -2.10. The van der Waals surface area contributed by atoms with Gasteiger partial charge in [-0.2, -0.15) is 0 Å². The molecule has 0 saturated heterocycles. The van der Waals surface area contributed by atoms with Crippen LogP contribution in [0.3, 0.4) is 0 Å². The maximum Gasteiger partial charge on any atom is 0.337 e. The molecule has 3 rings (SSSR count). The Hall–Kier alpha value is -3.00. The molecule has 0 atom stereocenters. The summed E-state index contributed by atoms with van der Waals surface area (Å²) in [6, 6.07) is 8.10. The number of anilines is 1. The third-order valence-corrected chi connectivity index (χ3v) is 4.80. The first-order chi connectivity index (χ1) is 12.4. The molecule has 0 fully saturated rings. The molecule has 0 aliphatic rings. The molecule has 1 N–H and O–H groups in total. The Morgan fingerprint density at radius 3 is 2.58 bits per heavy atom. The standard InChI is InChI=1S/C18H17N3O4S/c1-10-8-14-16(26-10)19-11(2)21(17(14)23)9-15(22)20-13-6-4-12(5-7-13)18(24)25-3/h4-8H,9H2,1-3H3,(H,20,22). The number of hydrogen-bond acceptors (Lipinski definition) is 6. The highest BCUT2D eigenvalue weighted by atomic mass is 32.1. The second-order valence-corrected chi connectivity index (χ2v) is 6.98. The molecule has 0 aliphatic carbocycles. The van der Waals surface area contributed by atoms with Crippen molar-refractivity contribution in [1.29, 1.82) is 0 Å². The van der Waals surface area contributed by atoms with E-state index in [4.69, 9.17) is 0 Å².